The summed E-state index contributed by atoms with van der Waals surface area (Å²) < 4.78 is 10.8. The van der Waals surface area contributed by atoms with Gasteiger partial charge in [-0.1, -0.05) is 54.2 Å². The maximum absolute atomic E-state index is 12.5. The van der Waals surface area contributed by atoms with Gasteiger partial charge >= 0.3 is 0 Å². The molecule has 0 aliphatic carbocycles. The predicted molar refractivity (Wildman–Crippen MR) is 108 cm³/mol. The largest absolute Gasteiger partial charge is 0.497 e. The van der Waals surface area contributed by atoms with Crippen LogP contribution in [0.4, 0.5) is 0 Å². The molecule has 0 saturated carbocycles. The molecule has 2 aromatic carbocycles. The quantitative estimate of drug-likeness (QED) is 0.536. The van der Waals surface area contributed by atoms with E-state index < -0.39 is 0 Å². The summed E-state index contributed by atoms with van der Waals surface area (Å²) in [5.41, 5.74) is 2.15. The van der Waals surface area contributed by atoms with Crippen molar-refractivity contribution in [1.29, 1.82) is 0 Å². The Hall–Kier alpha value is -2.80. The summed E-state index contributed by atoms with van der Waals surface area (Å²) in [6.45, 7) is 2.01. The molecular weight excluding hydrogens is 374 g/mol. The highest BCUT2D eigenvalue weighted by Crippen LogP contribution is 2.22. The van der Waals surface area contributed by atoms with E-state index in [0.29, 0.717) is 17.5 Å². The first-order valence-electron chi connectivity index (χ1n) is 8.95. The maximum atomic E-state index is 12.5. The first kappa shape index (κ1) is 19.9. The van der Waals surface area contributed by atoms with Crippen molar-refractivity contribution in [1.82, 2.24) is 15.1 Å². The van der Waals surface area contributed by atoms with Crippen LogP contribution in [0.5, 0.6) is 5.75 Å². The molecule has 1 amide bonds. The van der Waals surface area contributed by atoms with E-state index in [1.807, 2.05) is 68.6 Å². The lowest BCUT2D eigenvalue weighted by molar-refractivity contribution is -0.128. The number of methoxy groups -OCH3 is 1. The molecule has 1 atom stereocenters. The maximum Gasteiger partial charge on any atom is 0.277 e. The second-order valence-electron chi connectivity index (χ2n) is 6.37. The highest BCUT2D eigenvalue weighted by atomic mass is 32.2. The van der Waals surface area contributed by atoms with Crippen molar-refractivity contribution in [2.45, 2.75) is 24.6 Å². The lowest BCUT2D eigenvalue weighted by Crippen LogP contribution is -2.31. The molecule has 0 radical (unpaired) electrons. The molecule has 0 saturated heterocycles. The fourth-order valence-electron chi connectivity index (χ4n) is 2.68. The topological polar surface area (TPSA) is 68.5 Å². The second kappa shape index (κ2) is 9.41. The van der Waals surface area contributed by atoms with Gasteiger partial charge in [0.1, 0.15) is 5.75 Å². The first-order valence-corrected chi connectivity index (χ1v) is 9.94. The summed E-state index contributed by atoms with van der Waals surface area (Å²) in [5, 5.41) is 8.50. The van der Waals surface area contributed by atoms with Crippen LogP contribution >= 0.6 is 11.8 Å². The van der Waals surface area contributed by atoms with Gasteiger partial charge in [0.2, 0.25) is 11.8 Å². The molecule has 0 bridgehead atoms. The highest BCUT2D eigenvalue weighted by Gasteiger charge is 2.18. The van der Waals surface area contributed by atoms with E-state index in [-0.39, 0.29) is 17.7 Å². The third-order valence-electron chi connectivity index (χ3n) is 4.54. The third-order valence-corrected chi connectivity index (χ3v) is 5.34. The molecule has 146 valence electrons. The number of ether oxygens (including phenoxy) is 1. The minimum absolute atomic E-state index is 0.00242. The van der Waals surface area contributed by atoms with Gasteiger partial charge in [0.25, 0.3) is 5.22 Å². The van der Waals surface area contributed by atoms with E-state index in [1.54, 1.807) is 12.0 Å². The van der Waals surface area contributed by atoms with Gasteiger partial charge in [-0.25, -0.2) is 0 Å². The second-order valence-corrected chi connectivity index (χ2v) is 7.29. The van der Waals surface area contributed by atoms with Crippen molar-refractivity contribution in [2.24, 2.45) is 0 Å². The Morgan fingerprint density at radius 3 is 2.54 bits per heavy atom. The van der Waals surface area contributed by atoms with Crippen LogP contribution in [0.25, 0.3) is 0 Å². The molecule has 0 spiro atoms. The number of hydrogen-bond donors (Lipinski definition) is 0. The molecule has 0 N–H and O–H groups in total. The molecule has 3 rings (SSSR count). The highest BCUT2D eigenvalue weighted by molar-refractivity contribution is 7.99. The zero-order valence-corrected chi connectivity index (χ0v) is 17.0. The van der Waals surface area contributed by atoms with Crippen molar-refractivity contribution in [3.8, 4) is 5.75 Å². The Labute approximate surface area is 168 Å². The van der Waals surface area contributed by atoms with Crippen LogP contribution in [0.2, 0.25) is 0 Å². The molecule has 0 aliphatic heterocycles. The van der Waals surface area contributed by atoms with Crippen molar-refractivity contribution in [2.75, 3.05) is 19.9 Å². The number of carbonyl (C=O) groups excluding carboxylic acids is 1. The van der Waals surface area contributed by atoms with Crippen molar-refractivity contribution >= 4 is 17.7 Å². The average molecular weight is 398 g/mol. The third kappa shape index (κ3) is 5.13. The number of amides is 1. The number of nitrogens with zero attached hydrogens (tertiary/aromatic N) is 3. The number of hydrogen-bond acceptors (Lipinski definition) is 6. The Kier molecular flexibility index (Phi) is 6.71. The Balaban J connectivity index is 1.52. The minimum atomic E-state index is 0.00242. The van der Waals surface area contributed by atoms with Gasteiger partial charge < -0.3 is 14.1 Å². The SMILES string of the molecule is COc1ccc(Cc2nnc(SCC(=O)N(C)C(C)c3ccccc3)o2)cc1. The predicted octanol–water partition coefficient (Wildman–Crippen LogP) is 3.98. The van der Waals surface area contributed by atoms with Crippen molar-refractivity contribution in [3.63, 3.8) is 0 Å². The number of benzene rings is 2. The summed E-state index contributed by atoms with van der Waals surface area (Å²) >= 11 is 1.26. The van der Waals surface area contributed by atoms with Gasteiger partial charge in [0.15, 0.2) is 0 Å². The van der Waals surface area contributed by atoms with E-state index in [9.17, 15) is 4.79 Å². The Morgan fingerprint density at radius 1 is 1.14 bits per heavy atom. The van der Waals surface area contributed by atoms with Gasteiger partial charge in [-0.05, 0) is 30.2 Å². The number of thioether (sulfide) groups is 1. The van der Waals surface area contributed by atoms with Crippen molar-refractivity contribution in [3.05, 3.63) is 71.6 Å². The molecule has 1 unspecified atom stereocenters. The lowest BCUT2D eigenvalue weighted by atomic mass is 10.1. The summed E-state index contributed by atoms with van der Waals surface area (Å²) in [6, 6.07) is 17.7. The molecule has 1 heterocycles. The molecule has 0 aliphatic rings. The Bertz CT molecular complexity index is 897. The van der Waals surface area contributed by atoms with Crippen LogP contribution in [0.3, 0.4) is 0 Å². The van der Waals surface area contributed by atoms with E-state index in [1.165, 1.54) is 11.8 Å². The summed E-state index contributed by atoms with van der Waals surface area (Å²) in [6.07, 6.45) is 0.538. The van der Waals surface area contributed by atoms with Crippen LogP contribution in [0.15, 0.2) is 64.2 Å². The zero-order valence-electron chi connectivity index (χ0n) is 16.2. The minimum Gasteiger partial charge on any atom is -0.497 e. The normalized spacial score (nSPS) is 11.8. The monoisotopic (exact) mass is 397 g/mol. The molecule has 3 aromatic rings. The van der Waals surface area contributed by atoms with E-state index in [4.69, 9.17) is 9.15 Å². The number of rotatable bonds is 8. The first-order chi connectivity index (χ1) is 13.6. The molecular formula is C21H23N3O3S. The molecule has 28 heavy (non-hydrogen) atoms. The number of aromatic nitrogens is 2. The summed E-state index contributed by atoms with van der Waals surface area (Å²) in [5.74, 6) is 1.58. The van der Waals surface area contributed by atoms with E-state index >= 15 is 0 Å². The van der Waals surface area contributed by atoms with Gasteiger partial charge in [-0.2, -0.15) is 0 Å². The summed E-state index contributed by atoms with van der Waals surface area (Å²) in [7, 11) is 3.44. The average Bonchev–Trinajstić information content (AvgIpc) is 3.19. The van der Waals surface area contributed by atoms with Crippen LogP contribution < -0.4 is 4.74 Å². The molecule has 6 nitrogen and oxygen atoms in total. The number of carbonyl (C=O) groups is 1. The van der Waals surface area contributed by atoms with Crippen LogP contribution in [0, 0.1) is 0 Å². The fourth-order valence-corrected chi connectivity index (χ4v) is 3.39. The van der Waals surface area contributed by atoms with E-state index in [2.05, 4.69) is 10.2 Å². The Morgan fingerprint density at radius 2 is 1.86 bits per heavy atom. The van der Waals surface area contributed by atoms with Gasteiger partial charge in [0.05, 0.1) is 25.3 Å². The molecule has 7 heteroatoms. The fraction of sp³-hybridized carbons (Fsp3) is 0.286. The van der Waals surface area contributed by atoms with Gasteiger partial charge in [0, 0.05) is 7.05 Å². The lowest BCUT2D eigenvalue weighted by Gasteiger charge is -2.25. The van der Waals surface area contributed by atoms with Crippen LogP contribution in [-0.4, -0.2) is 40.9 Å². The molecule has 1 aromatic heterocycles. The molecule has 0 fully saturated rings. The smallest absolute Gasteiger partial charge is 0.277 e. The summed E-state index contributed by atoms with van der Waals surface area (Å²) in [4.78, 5) is 14.2. The van der Waals surface area contributed by atoms with Crippen molar-refractivity contribution < 1.29 is 13.9 Å². The van der Waals surface area contributed by atoms with E-state index in [0.717, 1.165) is 16.9 Å². The van der Waals surface area contributed by atoms with Crippen LogP contribution in [-0.2, 0) is 11.2 Å². The zero-order chi connectivity index (χ0) is 19.9. The standard InChI is InChI=1S/C21H23N3O3S/c1-15(17-7-5-4-6-8-17)24(2)20(25)14-28-21-23-22-19(27-21)13-16-9-11-18(26-3)12-10-16/h4-12,15H,13-14H2,1-3H3. The van der Waals surface area contributed by atoms with Gasteiger partial charge in [-0.15, -0.1) is 10.2 Å². The van der Waals surface area contributed by atoms with Crippen LogP contribution in [0.1, 0.15) is 30.0 Å². The van der Waals surface area contributed by atoms with Gasteiger partial charge in [-0.3, -0.25) is 4.79 Å².